The summed E-state index contributed by atoms with van der Waals surface area (Å²) in [7, 11) is 0. The predicted molar refractivity (Wildman–Crippen MR) is 109 cm³/mol. The summed E-state index contributed by atoms with van der Waals surface area (Å²) in [6.45, 7) is 2.71. The zero-order valence-corrected chi connectivity index (χ0v) is 17.4. The van der Waals surface area contributed by atoms with Crippen molar-refractivity contribution >= 4 is 40.8 Å². The quantitative estimate of drug-likeness (QED) is 0.735. The van der Waals surface area contributed by atoms with Crippen LogP contribution in [0.15, 0.2) is 36.4 Å². The van der Waals surface area contributed by atoms with Crippen LogP contribution in [0, 0.1) is 0 Å². The maximum absolute atomic E-state index is 13.3. The average Bonchev–Trinajstić information content (AvgIpc) is 3.23. The molecule has 2 aliphatic heterocycles. The first-order valence-corrected chi connectivity index (χ1v) is 10.5. The number of hydrogen-bond acceptors (Lipinski definition) is 5. The molecule has 1 unspecified atom stereocenters. The van der Waals surface area contributed by atoms with Gasteiger partial charge in [-0.1, -0.05) is 29.8 Å². The van der Waals surface area contributed by atoms with Gasteiger partial charge in [0.1, 0.15) is 12.3 Å². The van der Waals surface area contributed by atoms with Gasteiger partial charge in [-0.05, 0) is 25.1 Å². The molecular weight excluding hydrogens is 414 g/mol. The second-order valence-corrected chi connectivity index (χ2v) is 8.73. The number of nitrogens with zero attached hydrogens (tertiary/aromatic N) is 2. The Morgan fingerprint density at radius 3 is 2.83 bits per heavy atom. The molecule has 0 bridgehead atoms. The van der Waals surface area contributed by atoms with Crippen LogP contribution in [-0.2, 0) is 21.7 Å². The van der Waals surface area contributed by atoms with Crippen molar-refractivity contribution in [1.29, 1.82) is 0 Å². The summed E-state index contributed by atoms with van der Waals surface area (Å²) >= 11 is 7.37. The van der Waals surface area contributed by atoms with E-state index in [2.05, 4.69) is 5.32 Å². The summed E-state index contributed by atoms with van der Waals surface area (Å²) in [6.07, 6.45) is 0.324. The normalized spacial score (nSPS) is 20.4. The number of carbonyl (C=O) groups excluding carboxylic acids is 3. The Morgan fingerprint density at radius 2 is 2.10 bits per heavy atom. The number of imide groups is 1. The number of nitrogens with one attached hydrogen (secondary N) is 1. The first-order valence-electron chi connectivity index (χ1n) is 9.33. The molecule has 0 aliphatic carbocycles. The molecule has 1 N–H and O–H groups in total. The van der Waals surface area contributed by atoms with Crippen LogP contribution in [0.2, 0.25) is 4.34 Å². The third-order valence-electron chi connectivity index (χ3n) is 5.26. The number of benzene rings is 1. The van der Waals surface area contributed by atoms with Gasteiger partial charge in [0.05, 0.1) is 17.5 Å². The van der Waals surface area contributed by atoms with E-state index >= 15 is 0 Å². The molecular formula is C20H20ClN3O4S. The maximum Gasteiger partial charge on any atom is 0.325 e. The minimum atomic E-state index is -1.18. The predicted octanol–water partition coefficient (Wildman–Crippen LogP) is 2.98. The van der Waals surface area contributed by atoms with Crippen molar-refractivity contribution in [2.45, 2.75) is 25.4 Å². The van der Waals surface area contributed by atoms with E-state index in [-0.39, 0.29) is 12.5 Å². The Bertz CT molecular complexity index is 978. The first-order chi connectivity index (χ1) is 13.9. The Balaban J connectivity index is 1.53. The lowest BCUT2D eigenvalue weighted by Gasteiger charge is -2.33. The minimum Gasteiger partial charge on any atom is -0.493 e. The number of para-hydroxylation sites is 1. The Morgan fingerprint density at radius 1 is 1.31 bits per heavy atom. The van der Waals surface area contributed by atoms with Crippen LogP contribution >= 0.6 is 22.9 Å². The summed E-state index contributed by atoms with van der Waals surface area (Å²) in [4.78, 5) is 42.3. The van der Waals surface area contributed by atoms with Crippen LogP contribution in [0.5, 0.6) is 5.75 Å². The van der Waals surface area contributed by atoms with Crippen molar-refractivity contribution in [3.8, 4) is 5.75 Å². The summed E-state index contributed by atoms with van der Waals surface area (Å²) in [6, 6.07) is 10.2. The molecule has 1 atom stereocenters. The van der Waals surface area contributed by atoms with Crippen molar-refractivity contribution in [3.63, 3.8) is 0 Å². The molecule has 0 radical (unpaired) electrons. The van der Waals surface area contributed by atoms with Crippen LogP contribution < -0.4 is 10.1 Å². The van der Waals surface area contributed by atoms with Gasteiger partial charge in [-0.25, -0.2) is 4.79 Å². The SMILES string of the molecule is CCN(Cc1ccc(Cl)s1)C(=O)CN1C(=O)NC2(CCOc3ccccc32)C1=O. The van der Waals surface area contributed by atoms with Crippen LogP contribution in [-0.4, -0.2) is 47.3 Å². The van der Waals surface area contributed by atoms with E-state index in [1.807, 2.05) is 19.1 Å². The van der Waals surface area contributed by atoms with Gasteiger partial charge in [0.25, 0.3) is 5.91 Å². The van der Waals surface area contributed by atoms with Crippen molar-refractivity contribution in [1.82, 2.24) is 15.1 Å². The van der Waals surface area contributed by atoms with Crippen LogP contribution in [0.4, 0.5) is 4.79 Å². The van der Waals surface area contributed by atoms with Gasteiger partial charge >= 0.3 is 6.03 Å². The number of thiophene rings is 1. The van der Waals surface area contributed by atoms with Gasteiger partial charge in [0.2, 0.25) is 5.91 Å². The molecule has 29 heavy (non-hydrogen) atoms. The molecule has 2 aliphatic rings. The molecule has 1 fully saturated rings. The first kappa shape index (κ1) is 19.7. The molecule has 4 amide bonds. The highest BCUT2D eigenvalue weighted by molar-refractivity contribution is 7.16. The topological polar surface area (TPSA) is 79.0 Å². The Labute approximate surface area is 177 Å². The van der Waals surface area contributed by atoms with Crippen molar-refractivity contribution in [3.05, 3.63) is 51.2 Å². The molecule has 1 saturated heterocycles. The third kappa shape index (κ3) is 3.47. The second-order valence-electron chi connectivity index (χ2n) is 6.94. The number of halogens is 1. The van der Waals surface area contributed by atoms with Gasteiger partial charge in [-0.15, -0.1) is 11.3 Å². The average molecular weight is 434 g/mol. The number of urea groups is 1. The van der Waals surface area contributed by atoms with Gasteiger partial charge in [0.15, 0.2) is 5.54 Å². The molecule has 152 valence electrons. The van der Waals surface area contributed by atoms with E-state index in [1.165, 1.54) is 11.3 Å². The lowest BCUT2D eigenvalue weighted by Crippen LogP contribution is -2.48. The van der Waals surface area contributed by atoms with Crippen molar-refractivity contribution in [2.24, 2.45) is 0 Å². The second kappa shape index (κ2) is 7.68. The van der Waals surface area contributed by atoms with Crippen LogP contribution in [0.25, 0.3) is 0 Å². The van der Waals surface area contributed by atoms with Crippen LogP contribution in [0.1, 0.15) is 23.8 Å². The molecule has 1 aromatic heterocycles. The van der Waals surface area contributed by atoms with Crippen molar-refractivity contribution < 1.29 is 19.1 Å². The molecule has 7 nitrogen and oxygen atoms in total. The fourth-order valence-electron chi connectivity index (χ4n) is 3.75. The molecule has 1 aromatic carbocycles. The number of rotatable bonds is 5. The number of likely N-dealkylation sites (N-methyl/N-ethyl adjacent to an activating group) is 1. The molecule has 4 rings (SSSR count). The highest BCUT2D eigenvalue weighted by Crippen LogP contribution is 2.40. The maximum atomic E-state index is 13.3. The minimum absolute atomic E-state index is 0.294. The van der Waals surface area contributed by atoms with Crippen LogP contribution in [0.3, 0.4) is 0 Å². The van der Waals surface area contributed by atoms with E-state index in [1.54, 1.807) is 29.2 Å². The Hall–Kier alpha value is -2.58. The zero-order valence-electron chi connectivity index (χ0n) is 15.8. The number of ether oxygens (including phenoxy) is 1. The molecule has 2 aromatic rings. The van der Waals surface area contributed by atoms with E-state index < -0.39 is 17.5 Å². The lowest BCUT2D eigenvalue weighted by molar-refractivity contribution is -0.139. The number of fused-ring (bicyclic) bond motifs is 2. The van der Waals surface area contributed by atoms with E-state index in [0.29, 0.717) is 41.8 Å². The monoisotopic (exact) mass is 433 g/mol. The number of amides is 4. The highest BCUT2D eigenvalue weighted by atomic mass is 35.5. The molecule has 1 spiro atoms. The fraction of sp³-hybridized carbons (Fsp3) is 0.350. The number of hydrogen-bond donors (Lipinski definition) is 1. The van der Waals surface area contributed by atoms with Gasteiger partial charge in [-0.3, -0.25) is 14.5 Å². The van der Waals surface area contributed by atoms with E-state index in [4.69, 9.17) is 16.3 Å². The zero-order chi connectivity index (χ0) is 20.6. The molecule has 0 saturated carbocycles. The summed E-state index contributed by atoms with van der Waals surface area (Å²) in [5.41, 5.74) is -0.551. The lowest BCUT2D eigenvalue weighted by atomic mass is 9.84. The number of carbonyl (C=O) groups is 3. The van der Waals surface area contributed by atoms with E-state index in [0.717, 1.165) is 9.78 Å². The fourth-order valence-corrected chi connectivity index (χ4v) is 4.86. The van der Waals surface area contributed by atoms with E-state index in [9.17, 15) is 14.4 Å². The summed E-state index contributed by atoms with van der Waals surface area (Å²) < 4.78 is 6.28. The standard InChI is InChI=1S/C20H20ClN3O4S/c1-2-23(11-13-7-8-16(21)29-13)17(25)12-24-18(26)20(22-19(24)27)9-10-28-15-6-4-3-5-14(15)20/h3-8H,2,9-12H2,1H3,(H,22,27). The van der Waals surface area contributed by atoms with Gasteiger partial charge < -0.3 is 15.0 Å². The molecule has 3 heterocycles. The highest BCUT2D eigenvalue weighted by Gasteiger charge is 2.55. The smallest absolute Gasteiger partial charge is 0.325 e. The Kier molecular flexibility index (Phi) is 5.23. The summed E-state index contributed by atoms with van der Waals surface area (Å²) in [5, 5.41) is 2.81. The van der Waals surface area contributed by atoms with Gasteiger partial charge in [0, 0.05) is 23.4 Å². The molecule has 9 heteroatoms. The summed E-state index contributed by atoms with van der Waals surface area (Å²) in [5.74, 6) is -0.134. The largest absolute Gasteiger partial charge is 0.493 e. The van der Waals surface area contributed by atoms with Crippen molar-refractivity contribution in [2.75, 3.05) is 19.7 Å². The third-order valence-corrected chi connectivity index (χ3v) is 6.48. The van der Waals surface area contributed by atoms with Gasteiger partial charge in [-0.2, -0.15) is 0 Å².